The maximum absolute atomic E-state index is 11.7. The topological polar surface area (TPSA) is 92.4 Å². The van der Waals surface area contributed by atoms with Crippen LogP contribution in [0.2, 0.25) is 0 Å². The van der Waals surface area contributed by atoms with Gasteiger partial charge in [-0.1, -0.05) is 25.0 Å². The second-order valence-corrected chi connectivity index (χ2v) is 4.81. The number of unbranched alkanes of at least 4 members (excludes halogenated alkanes) is 3. The fourth-order valence-corrected chi connectivity index (χ4v) is 2.04. The van der Waals surface area contributed by atoms with E-state index in [1.165, 1.54) is 0 Å². The molecule has 21 heavy (non-hydrogen) atoms. The highest BCUT2D eigenvalue weighted by atomic mass is 16.4. The summed E-state index contributed by atoms with van der Waals surface area (Å²) in [6.45, 7) is 0.640. The van der Waals surface area contributed by atoms with Crippen molar-refractivity contribution >= 4 is 22.9 Å². The molecule has 6 nitrogen and oxygen atoms in total. The van der Waals surface area contributed by atoms with Gasteiger partial charge in [-0.15, -0.1) is 0 Å². The molecule has 0 aliphatic rings. The van der Waals surface area contributed by atoms with Gasteiger partial charge in [0.2, 0.25) is 0 Å². The van der Waals surface area contributed by atoms with Crippen LogP contribution in [-0.4, -0.2) is 22.6 Å². The third-order valence-electron chi connectivity index (χ3n) is 3.13. The van der Waals surface area contributed by atoms with Crippen molar-refractivity contribution < 1.29 is 14.3 Å². The second kappa shape index (κ2) is 7.42. The molecule has 2 N–H and O–H groups in total. The van der Waals surface area contributed by atoms with Crippen LogP contribution in [0.4, 0.5) is 6.01 Å². The quantitative estimate of drug-likeness (QED) is 0.726. The molecule has 112 valence electrons. The van der Waals surface area contributed by atoms with Gasteiger partial charge < -0.3 is 14.8 Å². The van der Waals surface area contributed by atoms with Gasteiger partial charge in [0.25, 0.3) is 6.01 Å². The van der Waals surface area contributed by atoms with Crippen molar-refractivity contribution in [3.8, 4) is 0 Å². The Labute approximate surface area is 121 Å². The van der Waals surface area contributed by atoms with Gasteiger partial charge in [0.05, 0.1) is 10.9 Å². The zero-order valence-electron chi connectivity index (χ0n) is 11.7. The van der Waals surface area contributed by atoms with Crippen molar-refractivity contribution in [1.82, 2.24) is 4.98 Å². The minimum atomic E-state index is -0.754. The number of fused-ring (bicyclic) bond motifs is 1. The van der Waals surface area contributed by atoms with Crippen molar-refractivity contribution in [2.75, 3.05) is 11.9 Å². The number of para-hydroxylation sites is 1. The van der Waals surface area contributed by atoms with E-state index in [1.54, 1.807) is 18.2 Å². The van der Waals surface area contributed by atoms with Crippen LogP contribution in [0.3, 0.4) is 0 Å². The highest BCUT2D eigenvalue weighted by Crippen LogP contribution is 2.10. The van der Waals surface area contributed by atoms with E-state index in [-0.39, 0.29) is 12.4 Å². The Kier molecular flexibility index (Phi) is 5.31. The Morgan fingerprint density at radius 2 is 1.95 bits per heavy atom. The molecule has 0 fully saturated rings. The molecular formula is C15H18N2O4. The zero-order chi connectivity index (χ0) is 15.1. The summed E-state index contributed by atoms with van der Waals surface area (Å²) < 4.78 is 5.09. The van der Waals surface area contributed by atoms with Crippen LogP contribution in [0, 0.1) is 0 Å². The van der Waals surface area contributed by atoms with Gasteiger partial charge in [-0.25, -0.2) is 4.79 Å². The molecule has 0 bridgehead atoms. The molecule has 0 unspecified atom stereocenters. The summed E-state index contributed by atoms with van der Waals surface area (Å²) in [5.74, 6) is -0.754. The third-order valence-corrected chi connectivity index (χ3v) is 3.13. The van der Waals surface area contributed by atoms with Crippen LogP contribution in [0.15, 0.2) is 33.5 Å². The van der Waals surface area contributed by atoms with E-state index in [1.807, 2.05) is 6.07 Å². The highest BCUT2D eigenvalue weighted by molar-refractivity contribution is 5.77. The lowest BCUT2D eigenvalue weighted by Gasteiger charge is -2.04. The minimum absolute atomic E-state index is 0.217. The van der Waals surface area contributed by atoms with Crippen molar-refractivity contribution in [3.05, 3.63) is 34.7 Å². The van der Waals surface area contributed by atoms with Gasteiger partial charge >= 0.3 is 11.6 Å². The SMILES string of the molecule is O=C(O)CCCCCCNc1nc2ccccc2c(=O)o1. The van der Waals surface area contributed by atoms with E-state index in [0.29, 0.717) is 23.9 Å². The number of carbonyl (C=O) groups is 1. The average molecular weight is 290 g/mol. The summed E-state index contributed by atoms with van der Waals surface area (Å²) in [7, 11) is 0. The molecule has 0 saturated carbocycles. The van der Waals surface area contributed by atoms with Crippen LogP contribution in [-0.2, 0) is 4.79 Å². The van der Waals surface area contributed by atoms with Gasteiger partial charge in [0.1, 0.15) is 0 Å². The number of hydrogen-bond donors (Lipinski definition) is 2. The van der Waals surface area contributed by atoms with E-state index < -0.39 is 11.6 Å². The number of benzene rings is 1. The summed E-state index contributed by atoms with van der Waals surface area (Å²) >= 11 is 0. The molecule has 1 heterocycles. The summed E-state index contributed by atoms with van der Waals surface area (Å²) in [6, 6.07) is 7.26. The molecule has 2 rings (SSSR count). The van der Waals surface area contributed by atoms with Crippen molar-refractivity contribution in [2.24, 2.45) is 0 Å². The molecule has 6 heteroatoms. The molecule has 0 atom stereocenters. The van der Waals surface area contributed by atoms with Gasteiger partial charge in [0.15, 0.2) is 0 Å². The first-order chi connectivity index (χ1) is 10.2. The molecule has 0 radical (unpaired) electrons. The van der Waals surface area contributed by atoms with Crippen LogP contribution in [0.5, 0.6) is 0 Å². The van der Waals surface area contributed by atoms with Gasteiger partial charge in [-0.3, -0.25) is 4.79 Å². The normalized spacial score (nSPS) is 10.7. The van der Waals surface area contributed by atoms with Gasteiger partial charge in [0, 0.05) is 13.0 Å². The molecule has 0 amide bonds. The predicted molar refractivity (Wildman–Crippen MR) is 79.5 cm³/mol. The largest absolute Gasteiger partial charge is 0.481 e. The van der Waals surface area contributed by atoms with Crippen molar-refractivity contribution in [2.45, 2.75) is 32.1 Å². The Morgan fingerprint density at radius 3 is 2.76 bits per heavy atom. The predicted octanol–water partition coefficient (Wildman–Crippen LogP) is 2.64. The number of rotatable bonds is 8. The Bertz CT molecular complexity index is 666. The lowest BCUT2D eigenvalue weighted by atomic mass is 10.1. The third kappa shape index (κ3) is 4.59. The smallest absolute Gasteiger partial charge is 0.348 e. The van der Waals surface area contributed by atoms with Crippen LogP contribution < -0.4 is 10.9 Å². The number of hydrogen-bond acceptors (Lipinski definition) is 5. The number of aromatic nitrogens is 1. The average Bonchev–Trinajstić information content (AvgIpc) is 2.46. The zero-order valence-corrected chi connectivity index (χ0v) is 11.7. The molecule has 0 aliphatic heterocycles. The number of nitrogens with one attached hydrogen (secondary N) is 1. The van der Waals surface area contributed by atoms with Crippen LogP contribution in [0.1, 0.15) is 32.1 Å². The minimum Gasteiger partial charge on any atom is -0.481 e. The van der Waals surface area contributed by atoms with Gasteiger partial charge in [-0.2, -0.15) is 4.98 Å². The Morgan fingerprint density at radius 1 is 1.19 bits per heavy atom. The number of carboxylic acid groups (broad SMARTS) is 1. The summed E-state index contributed by atoms with van der Waals surface area (Å²) in [4.78, 5) is 26.3. The monoisotopic (exact) mass is 290 g/mol. The molecule has 0 aliphatic carbocycles. The molecule has 1 aromatic carbocycles. The summed E-state index contributed by atoms with van der Waals surface area (Å²) in [5.41, 5.74) is 0.210. The van der Waals surface area contributed by atoms with E-state index in [4.69, 9.17) is 9.52 Å². The van der Waals surface area contributed by atoms with Crippen LogP contribution in [0.25, 0.3) is 10.9 Å². The number of carboxylic acids is 1. The van der Waals surface area contributed by atoms with Crippen molar-refractivity contribution in [1.29, 1.82) is 0 Å². The Hall–Kier alpha value is -2.37. The molecule has 0 spiro atoms. The van der Waals surface area contributed by atoms with Crippen LogP contribution >= 0.6 is 0 Å². The van der Waals surface area contributed by atoms with Crippen molar-refractivity contribution in [3.63, 3.8) is 0 Å². The molecule has 1 aromatic heterocycles. The maximum Gasteiger partial charge on any atom is 0.348 e. The first kappa shape index (κ1) is 15.0. The van der Waals surface area contributed by atoms with E-state index in [0.717, 1.165) is 19.3 Å². The lowest BCUT2D eigenvalue weighted by molar-refractivity contribution is -0.137. The molecular weight excluding hydrogens is 272 g/mol. The number of aliphatic carboxylic acids is 1. The molecule has 0 saturated heterocycles. The number of anilines is 1. The summed E-state index contributed by atoms with van der Waals surface area (Å²) in [6.07, 6.45) is 3.59. The standard InChI is InChI=1S/C15H18N2O4/c18-13(19)9-3-1-2-6-10-16-15-17-12-8-5-4-7-11(12)14(20)21-15/h4-5,7-8H,1-3,6,9-10H2,(H,16,17)(H,18,19). The summed E-state index contributed by atoms with van der Waals surface area (Å²) in [5, 5.41) is 12.0. The highest BCUT2D eigenvalue weighted by Gasteiger charge is 2.04. The first-order valence-electron chi connectivity index (χ1n) is 7.02. The van der Waals surface area contributed by atoms with E-state index >= 15 is 0 Å². The Balaban J connectivity index is 1.79. The first-order valence-corrected chi connectivity index (χ1v) is 7.02. The lowest BCUT2D eigenvalue weighted by Crippen LogP contribution is -2.09. The molecule has 2 aromatic rings. The fourth-order valence-electron chi connectivity index (χ4n) is 2.04. The fraction of sp³-hybridized carbons (Fsp3) is 0.400. The van der Waals surface area contributed by atoms with E-state index in [2.05, 4.69) is 10.3 Å². The second-order valence-electron chi connectivity index (χ2n) is 4.81. The van der Waals surface area contributed by atoms with E-state index in [9.17, 15) is 9.59 Å². The van der Waals surface area contributed by atoms with Gasteiger partial charge in [-0.05, 0) is 25.0 Å². The maximum atomic E-state index is 11.7. The number of nitrogens with zero attached hydrogens (tertiary/aromatic N) is 1.